The lowest BCUT2D eigenvalue weighted by Gasteiger charge is -2.21. The standard InChI is InChI=1S/C16H23BN2O4/c1-5-16(21)19(4)10-15(20)18-14(17(22)23)9-13-7-6-11(2)8-12(13)3/h5-8,14,22-23H,1,9-10H2,2-4H3,(H,18,20). The maximum absolute atomic E-state index is 12.0. The largest absolute Gasteiger partial charge is 0.475 e. The molecule has 1 atom stereocenters. The van der Waals surface area contributed by atoms with Crippen LogP contribution in [0.2, 0.25) is 0 Å². The van der Waals surface area contributed by atoms with Gasteiger partial charge in [0, 0.05) is 7.05 Å². The second-order valence-corrected chi connectivity index (χ2v) is 5.62. The Morgan fingerprint density at radius 2 is 2.04 bits per heavy atom. The van der Waals surface area contributed by atoms with Gasteiger partial charge < -0.3 is 20.3 Å². The third kappa shape index (κ3) is 5.88. The van der Waals surface area contributed by atoms with Crippen LogP contribution >= 0.6 is 0 Å². The minimum absolute atomic E-state index is 0.180. The van der Waals surface area contributed by atoms with Gasteiger partial charge in [-0.15, -0.1) is 0 Å². The molecule has 2 amide bonds. The molecule has 0 spiro atoms. The van der Waals surface area contributed by atoms with E-state index in [1.165, 1.54) is 11.9 Å². The number of aryl methyl sites for hydroxylation is 2. The SMILES string of the molecule is C=CC(=O)N(C)CC(=O)NC(Cc1ccc(C)cc1C)B(O)O. The fourth-order valence-corrected chi connectivity index (χ4v) is 2.24. The van der Waals surface area contributed by atoms with Crippen LogP contribution in [-0.2, 0) is 16.0 Å². The Morgan fingerprint density at radius 1 is 1.39 bits per heavy atom. The normalized spacial score (nSPS) is 11.5. The number of hydrogen-bond acceptors (Lipinski definition) is 4. The summed E-state index contributed by atoms with van der Waals surface area (Å²) in [4.78, 5) is 24.5. The molecule has 23 heavy (non-hydrogen) atoms. The molecule has 1 aromatic carbocycles. The van der Waals surface area contributed by atoms with Crippen molar-refractivity contribution in [1.82, 2.24) is 10.2 Å². The zero-order valence-corrected chi connectivity index (χ0v) is 13.7. The van der Waals surface area contributed by atoms with Crippen LogP contribution in [0.25, 0.3) is 0 Å². The van der Waals surface area contributed by atoms with E-state index in [1.54, 1.807) is 0 Å². The van der Waals surface area contributed by atoms with E-state index in [0.29, 0.717) is 0 Å². The summed E-state index contributed by atoms with van der Waals surface area (Å²) < 4.78 is 0. The van der Waals surface area contributed by atoms with Gasteiger partial charge in [0.2, 0.25) is 11.8 Å². The van der Waals surface area contributed by atoms with Crippen LogP contribution in [-0.4, -0.2) is 53.4 Å². The number of nitrogens with one attached hydrogen (secondary N) is 1. The maximum Gasteiger partial charge on any atom is 0.475 e. The number of likely N-dealkylation sites (N-methyl/N-ethyl adjacent to an activating group) is 1. The number of carbonyl (C=O) groups excluding carboxylic acids is 2. The Balaban J connectivity index is 2.73. The molecule has 0 aliphatic heterocycles. The van der Waals surface area contributed by atoms with Crippen molar-refractivity contribution >= 4 is 18.9 Å². The highest BCUT2D eigenvalue weighted by molar-refractivity contribution is 6.43. The lowest BCUT2D eigenvalue weighted by Crippen LogP contribution is -2.50. The van der Waals surface area contributed by atoms with Gasteiger partial charge in [-0.1, -0.05) is 30.3 Å². The first-order valence-corrected chi connectivity index (χ1v) is 7.33. The van der Waals surface area contributed by atoms with Crippen LogP contribution in [0, 0.1) is 13.8 Å². The molecule has 1 unspecified atom stereocenters. The molecule has 124 valence electrons. The van der Waals surface area contributed by atoms with E-state index in [4.69, 9.17) is 0 Å². The zero-order valence-electron chi connectivity index (χ0n) is 13.7. The van der Waals surface area contributed by atoms with Crippen LogP contribution in [0.1, 0.15) is 16.7 Å². The van der Waals surface area contributed by atoms with Gasteiger partial charge in [0.05, 0.1) is 12.5 Å². The summed E-state index contributed by atoms with van der Waals surface area (Å²) in [6, 6.07) is 5.83. The van der Waals surface area contributed by atoms with Crippen molar-refractivity contribution in [2.45, 2.75) is 26.2 Å². The van der Waals surface area contributed by atoms with Gasteiger partial charge in [-0.05, 0) is 37.5 Å². The highest BCUT2D eigenvalue weighted by atomic mass is 16.4. The molecule has 0 heterocycles. The number of amides is 2. The first-order valence-electron chi connectivity index (χ1n) is 7.33. The van der Waals surface area contributed by atoms with Gasteiger partial charge in [-0.25, -0.2) is 0 Å². The Kier molecular flexibility index (Phi) is 7.00. The van der Waals surface area contributed by atoms with Crippen molar-refractivity contribution in [1.29, 1.82) is 0 Å². The van der Waals surface area contributed by atoms with Crippen LogP contribution in [0.5, 0.6) is 0 Å². The Hall–Kier alpha value is -2.12. The predicted molar refractivity (Wildman–Crippen MR) is 89.6 cm³/mol. The number of rotatable bonds is 7. The molecule has 0 saturated carbocycles. The molecular weight excluding hydrogens is 295 g/mol. The first kappa shape index (κ1) is 18.9. The second-order valence-electron chi connectivity index (χ2n) is 5.62. The van der Waals surface area contributed by atoms with Crippen molar-refractivity contribution in [3.8, 4) is 0 Å². The topological polar surface area (TPSA) is 89.9 Å². The summed E-state index contributed by atoms with van der Waals surface area (Å²) in [6.07, 6.45) is 1.40. The number of benzene rings is 1. The fourth-order valence-electron chi connectivity index (χ4n) is 2.24. The van der Waals surface area contributed by atoms with E-state index in [9.17, 15) is 19.6 Å². The molecule has 0 bridgehead atoms. The van der Waals surface area contributed by atoms with Gasteiger partial charge >= 0.3 is 7.12 Å². The molecular formula is C16H23BN2O4. The summed E-state index contributed by atoms with van der Waals surface area (Å²) in [5.74, 6) is -1.70. The summed E-state index contributed by atoms with van der Waals surface area (Å²) in [5.41, 5.74) is 3.05. The Labute approximate surface area is 137 Å². The first-order chi connectivity index (χ1) is 10.7. The third-order valence-electron chi connectivity index (χ3n) is 3.58. The molecule has 0 fully saturated rings. The van der Waals surface area contributed by atoms with Crippen molar-refractivity contribution < 1.29 is 19.6 Å². The molecule has 0 saturated heterocycles. The summed E-state index contributed by atoms with van der Waals surface area (Å²) in [6.45, 7) is 7.08. The van der Waals surface area contributed by atoms with Crippen LogP contribution in [0.4, 0.5) is 0 Å². The molecule has 1 aromatic rings. The molecule has 0 aliphatic rings. The minimum Gasteiger partial charge on any atom is -0.426 e. The van der Waals surface area contributed by atoms with E-state index in [1.807, 2.05) is 32.0 Å². The summed E-state index contributed by atoms with van der Waals surface area (Å²) >= 11 is 0. The van der Waals surface area contributed by atoms with Gasteiger partial charge in [0.1, 0.15) is 0 Å². The minimum atomic E-state index is -1.69. The molecule has 1 rings (SSSR count). The molecule has 0 aromatic heterocycles. The van der Waals surface area contributed by atoms with E-state index in [-0.39, 0.29) is 18.9 Å². The van der Waals surface area contributed by atoms with E-state index in [0.717, 1.165) is 22.8 Å². The monoisotopic (exact) mass is 318 g/mol. The van der Waals surface area contributed by atoms with Crippen molar-refractivity contribution in [2.75, 3.05) is 13.6 Å². The summed E-state index contributed by atoms with van der Waals surface area (Å²) in [7, 11) is -0.224. The highest BCUT2D eigenvalue weighted by Crippen LogP contribution is 2.13. The van der Waals surface area contributed by atoms with E-state index in [2.05, 4.69) is 11.9 Å². The molecule has 7 heteroatoms. The molecule has 6 nitrogen and oxygen atoms in total. The van der Waals surface area contributed by atoms with Crippen LogP contribution in [0.3, 0.4) is 0 Å². The number of carbonyl (C=O) groups is 2. The quantitative estimate of drug-likeness (QED) is 0.487. The fraction of sp³-hybridized carbons (Fsp3) is 0.375. The smallest absolute Gasteiger partial charge is 0.426 e. The lowest BCUT2D eigenvalue weighted by atomic mass is 9.75. The molecule has 0 aliphatic carbocycles. The Bertz CT molecular complexity index is 589. The van der Waals surface area contributed by atoms with Crippen LogP contribution in [0.15, 0.2) is 30.9 Å². The third-order valence-corrected chi connectivity index (χ3v) is 3.58. The second kappa shape index (κ2) is 8.50. The van der Waals surface area contributed by atoms with Gasteiger partial charge in [-0.3, -0.25) is 9.59 Å². The Morgan fingerprint density at radius 3 is 2.57 bits per heavy atom. The zero-order chi connectivity index (χ0) is 17.6. The van der Waals surface area contributed by atoms with Crippen LogP contribution < -0.4 is 5.32 Å². The van der Waals surface area contributed by atoms with E-state index < -0.39 is 19.0 Å². The van der Waals surface area contributed by atoms with Gasteiger partial charge in [-0.2, -0.15) is 0 Å². The average molecular weight is 318 g/mol. The summed E-state index contributed by atoms with van der Waals surface area (Å²) in [5, 5.41) is 21.6. The van der Waals surface area contributed by atoms with Crippen molar-refractivity contribution in [3.05, 3.63) is 47.5 Å². The van der Waals surface area contributed by atoms with Crippen molar-refractivity contribution in [2.24, 2.45) is 0 Å². The number of hydrogen-bond donors (Lipinski definition) is 3. The highest BCUT2D eigenvalue weighted by Gasteiger charge is 2.26. The average Bonchev–Trinajstić information content (AvgIpc) is 2.47. The predicted octanol–water partition coefficient (Wildman–Crippen LogP) is -0.0129. The van der Waals surface area contributed by atoms with E-state index >= 15 is 0 Å². The molecule has 0 radical (unpaired) electrons. The van der Waals surface area contributed by atoms with Gasteiger partial charge in [0.15, 0.2) is 0 Å². The lowest BCUT2D eigenvalue weighted by molar-refractivity contribution is -0.131. The maximum atomic E-state index is 12.0. The number of nitrogens with zero attached hydrogens (tertiary/aromatic N) is 1. The van der Waals surface area contributed by atoms with Gasteiger partial charge in [0.25, 0.3) is 0 Å². The molecule has 3 N–H and O–H groups in total. The van der Waals surface area contributed by atoms with Crippen molar-refractivity contribution in [3.63, 3.8) is 0 Å².